The van der Waals surface area contributed by atoms with E-state index < -0.39 is 0 Å². The topological polar surface area (TPSA) is 85.9 Å². The van der Waals surface area contributed by atoms with E-state index in [1.165, 1.54) is 0 Å². The summed E-state index contributed by atoms with van der Waals surface area (Å²) in [4.78, 5) is 10.5. The molecule has 0 aliphatic carbocycles. The zero-order valence-electron chi connectivity index (χ0n) is 11.0. The van der Waals surface area contributed by atoms with Crippen LogP contribution in [0, 0.1) is 24.0 Å². The Labute approximate surface area is 110 Å². The first-order valence-electron chi connectivity index (χ1n) is 5.82. The van der Waals surface area contributed by atoms with E-state index >= 15 is 0 Å². The smallest absolute Gasteiger partial charge is 0.272 e. The van der Waals surface area contributed by atoms with Gasteiger partial charge in [0.05, 0.1) is 23.4 Å². The van der Waals surface area contributed by atoms with Crippen molar-refractivity contribution in [3.05, 3.63) is 45.3 Å². The van der Waals surface area contributed by atoms with Gasteiger partial charge in [0.1, 0.15) is 0 Å². The van der Waals surface area contributed by atoms with Gasteiger partial charge in [-0.15, -0.1) is 5.10 Å². The molecule has 0 unspecified atom stereocenters. The number of hydrogen-bond acceptors (Lipinski definition) is 5. The van der Waals surface area contributed by atoms with Crippen LogP contribution in [0.25, 0.3) is 0 Å². The second-order valence-corrected chi connectivity index (χ2v) is 4.41. The molecule has 0 fully saturated rings. The highest BCUT2D eigenvalue weighted by molar-refractivity contribution is 5.59. The normalized spacial score (nSPS) is 10.5. The van der Waals surface area contributed by atoms with Crippen LogP contribution in [0.1, 0.15) is 16.8 Å². The van der Waals surface area contributed by atoms with Crippen LogP contribution in [0.2, 0.25) is 0 Å². The number of hydrogen-bond donors (Lipinski definition) is 1. The SMILES string of the molecule is Cc1cc([N+](=O)[O-])c(C)cc1NCc1cnnn1C. The molecule has 2 aromatic rings. The minimum atomic E-state index is -0.364. The van der Waals surface area contributed by atoms with E-state index in [-0.39, 0.29) is 10.6 Å². The van der Waals surface area contributed by atoms with E-state index in [9.17, 15) is 10.1 Å². The molecule has 0 saturated carbocycles. The predicted octanol–water partition coefficient (Wildman–Crippen LogP) is 1.95. The summed E-state index contributed by atoms with van der Waals surface area (Å²) in [5.74, 6) is 0. The molecule has 0 amide bonds. The van der Waals surface area contributed by atoms with Crippen molar-refractivity contribution in [3.8, 4) is 0 Å². The molecule has 0 bridgehead atoms. The third-order valence-electron chi connectivity index (χ3n) is 3.01. The summed E-state index contributed by atoms with van der Waals surface area (Å²) >= 11 is 0. The van der Waals surface area contributed by atoms with Gasteiger partial charge in [-0.2, -0.15) is 0 Å². The lowest BCUT2D eigenvalue weighted by molar-refractivity contribution is -0.385. The van der Waals surface area contributed by atoms with E-state index in [1.54, 1.807) is 29.9 Å². The van der Waals surface area contributed by atoms with Gasteiger partial charge in [-0.25, -0.2) is 0 Å². The number of nitro benzene ring substituents is 1. The number of anilines is 1. The first kappa shape index (κ1) is 13.0. The Morgan fingerprint density at radius 3 is 2.68 bits per heavy atom. The third kappa shape index (κ3) is 2.70. The molecular formula is C12H15N5O2. The fourth-order valence-corrected chi connectivity index (χ4v) is 1.84. The second-order valence-electron chi connectivity index (χ2n) is 4.41. The van der Waals surface area contributed by atoms with Crippen LogP contribution in [0.3, 0.4) is 0 Å². The number of nitro groups is 1. The second kappa shape index (κ2) is 5.05. The fourth-order valence-electron chi connectivity index (χ4n) is 1.84. The van der Waals surface area contributed by atoms with Gasteiger partial charge < -0.3 is 5.32 Å². The molecule has 7 heteroatoms. The Balaban J connectivity index is 2.20. The minimum absolute atomic E-state index is 0.144. The Kier molecular flexibility index (Phi) is 3.46. The lowest BCUT2D eigenvalue weighted by atomic mass is 10.1. The van der Waals surface area contributed by atoms with Crippen molar-refractivity contribution < 1.29 is 4.92 Å². The molecule has 1 aromatic carbocycles. The zero-order chi connectivity index (χ0) is 14.0. The molecular weight excluding hydrogens is 246 g/mol. The van der Waals surface area contributed by atoms with E-state index in [0.717, 1.165) is 16.9 Å². The number of nitrogens with zero attached hydrogens (tertiary/aromatic N) is 4. The molecule has 0 radical (unpaired) electrons. The van der Waals surface area contributed by atoms with Crippen LogP contribution >= 0.6 is 0 Å². The fraction of sp³-hybridized carbons (Fsp3) is 0.333. The molecule has 1 N–H and O–H groups in total. The first-order valence-corrected chi connectivity index (χ1v) is 5.82. The highest BCUT2D eigenvalue weighted by Gasteiger charge is 2.13. The van der Waals surface area contributed by atoms with Crippen molar-refractivity contribution in [1.29, 1.82) is 0 Å². The van der Waals surface area contributed by atoms with Crippen LogP contribution in [-0.2, 0) is 13.6 Å². The van der Waals surface area contributed by atoms with Gasteiger partial charge in [0.25, 0.3) is 5.69 Å². The maximum absolute atomic E-state index is 10.8. The molecule has 1 aromatic heterocycles. The Morgan fingerprint density at radius 2 is 2.11 bits per heavy atom. The van der Waals surface area contributed by atoms with Gasteiger partial charge in [0.15, 0.2) is 0 Å². The number of rotatable bonds is 4. The third-order valence-corrected chi connectivity index (χ3v) is 3.01. The maximum Gasteiger partial charge on any atom is 0.272 e. The Morgan fingerprint density at radius 1 is 1.37 bits per heavy atom. The maximum atomic E-state index is 10.8. The predicted molar refractivity (Wildman–Crippen MR) is 70.9 cm³/mol. The molecule has 0 saturated heterocycles. The molecule has 19 heavy (non-hydrogen) atoms. The molecule has 0 aliphatic heterocycles. The Bertz CT molecular complexity index is 621. The summed E-state index contributed by atoms with van der Waals surface area (Å²) in [6.45, 7) is 4.15. The quantitative estimate of drug-likeness (QED) is 0.671. The van der Waals surface area contributed by atoms with Crippen LogP contribution in [0.15, 0.2) is 18.3 Å². The summed E-state index contributed by atoms with van der Waals surface area (Å²) in [6, 6.07) is 3.37. The van der Waals surface area contributed by atoms with Gasteiger partial charge in [-0.3, -0.25) is 14.8 Å². The number of nitrogens with one attached hydrogen (secondary N) is 1. The van der Waals surface area contributed by atoms with Gasteiger partial charge >= 0.3 is 0 Å². The van der Waals surface area contributed by atoms with E-state index in [4.69, 9.17) is 0 Å². The van der Waals surface area contributed by atoms with Crippen molar-refractivity contribution in [2.75, 3.05) is 5.32 Å². The van der Waals surface area contributed by atoms with E-state index in [0.29, 0.717) is 12.1 Å². The Hall–Kier alpha value is -2.44. The van der Waals surface area contributed by atoms with Crippen molar-refractivity contribution in [1.82, 2.24) is 15.0 Å². The summed E-state index contributed by atoms with van der Waals surface area (Å²) in [5.41, 5.74) is 3.44. The molecule has 0 atom stereocenters. The van der Waals surface area contributed by atoms with Crippen LogP contribution in [0.4, 0.5) is 11.4 Å². The van der Waals surface area contributed by atoms with Crippen LogP contribution in [0.5, 0.6) is 0 Å². The van der Waals surface area contributed by atoms with E-state index in [1.807, 2.05) is 14.0 Å². The molecule has 7 nitrogen and oxygen atoms in total. The zero-order valence-corrected chi connectivity index (χ0v) is 11.0. The lowest BCUT2D eigenvalue weighted by Gasteiger charge is -2.10. The van der Waals surface area contributed by atoms with E-state index in [2.05, 4.69) is 15.6 Å². The minimum Gasteiger partial charge on any atom is -0.379 e. The number of aromatic nitrogens is 3. The standard InChI is InChI=1S/C12H15N5O2/c1-8-5-12(17(18)19)9(2)4-11(8)13-6-10-7-14-15-16(10)3/h4-5,7,13H,6H2,1-3H3. The monoisotopic (exact) mass is 261 g/mol. The van der Waals surface area contributed by atoms with Crippen molar-refractivity contribution >= 4 is 11.4 Å². The molecule has 100 valence electrons. The van der Waals surface area contributed by atoms with Crippen LogP contribution in [-0.4, -0.2) is 19.9 Å². The van der Waals surface area contributed by atoms with Gasteiger partial charge in [0.2, 0.25) is 0 Å². The number of benzene rings is 1. The van der Waals surface area contributed by atoms with Gasteiger partial charge in [-0.05, 0) is 25.5 Å². The van der Waals surface area contributed by atoms with Gasteiger partial charge in [-0.1, -0.05) is 5.21 Å². The molecule has 1 heterocycles. The van der Waals surface area contributed by atoms with Gasteiger partial charge in [0, 0.05) is 24.4 Å². The highest BCUT2D eigenvalue weighted by Crippen LogP contribution is 2.26. The molecule has 0 aliphatic rings. The molecule has 0 spiro atoms. The average Bonchev–Trinajstić information content (AvgIpc) is 2.75. The summed E-state index contributed by atoms with van der Waals surface area (Å²) in [5, 5.41) is 21.7. The first-order chi connectivity index (χ1) is 8.99. The summed E-state index contributed by atoms with van der Waals surface area (Å²) < 4.78 is 1.68. The highest BCUT2D eigenvalue weighted by atomic mass is 16.6. The van der Waals surface area contributed by atoms with Crippen molar-refractivity contribution in [2.24, 2.45) is 7.05 Å². The molecule has 2 rings (SSSR count). The van der Waals surface area contributed by atoms with Crippen molar-refractivity contribution in [2.45, 2.75) is 20.4 Å². The summed E-state index contributed by atoms with van der Waals surface area (Å²) in [7, 11) is 1.82. The summed E-state index contributed by atoms with van der Waals surface area (Å²) in [6.07, 6.45) is 1.68. The average molecular weight is 261 g/mol. The number of aryl methyl sites for hydroxylation is 3. The largest absolute Gasteiger partial charge is 0.379 e. The lowest BCUT2D eigenvalue weighted by Crippen LogP contribution is -2.07. The van der Waals surface area contributed by atoms with Crippen LogP contribution < -0.4 is 5.32 Å². The van der Waals surface area contributed by atoms with Crippen molar-refractivity contribution in [3.63, 3.8) is 0 Å².